The summed E-state index contributed by atoms with van der Waals surface area (Å²) in [4.78, 5) is 0. The van der Waals surface area contributed by atoms with Crippen LogP contribution in [0.3, 0.4) is 0 Å². The minimum Gasteiger partial charge on any atom is -0.493 e. The molecule has 0 aliphatic heterocycles. The van der Waals surface area contributed by atoms with Gasteiger partial charge in [-0.3, -0.25) is 0 Å². The maximum atomic E-state index is 10.9. The quantitative estimate of drug-likeness (QED) is 0.713. The van der Waals surface area contributed by atoms with Crippen molar-refractivity contribution in [2.45, 2.75) is 6.10 Å². The molecule has 0 saturated heterocycles. The number of rotatable bonds is 6. The Morgan fingerprint density at radius 2 is 1.27 bits per heavy atom. The molecule has 0 heterocycles. The van der Waals surface area contributed by atoms with Gasteiger partial charge in [-0.05, 0) is 40.5 Å². The van der Waals surface area contributed by atoms with Gasteiger partial charge in [0.15, 0.2) is 11.5 Å². The molecule has 3 aromatic carbocycles. The lowest BCUT2D eigenvalue weighted by Crippen LogP contribution is -2.03. The molecule has 3 rings (SSSR count). The van der Waals surface area contributed by atoms with Gasteiger partial charge in [-0.2, -0.15) is 0 Å². The highest BCUT2D eigenvalue weighted by atomic mass is 16.5. The molecule has 0 aliphatic rings. The minimum absolute atomic E-state index is 0.504. The van der Waals surface area contributed by atoms with Gasteiger partial charge in [0.2, 0.25) is 5.75 Å². The summed E-state index contributed by atoms with van der Waals surface area (Å²) < 4.78 is 16.1. The lowest BCUT2D eigenvalue weighted by atomic mass is 9.96. The van der Waals surface area contributed by atoms with Gasteiger partial charge in [0.1, 0.15) is 6.10 Å². The normalized spacial score (nSPS) is 11.7. The Bertz CT molecular complexity index is 849. The van der Waals surface area contributed by atoms with Crippen LogP contribution < -0.4 is 14.2 Å². The van der Waals surface area contributed by atoms with Gasteiger partial charge in [-0.15, -0.1) is 0 Å². The van der Waals surface area contributed by atoms with E-state index in [0.29, 0.717) is 22.8 Å². The Morgan fingerprint density at radius 3 is 1.85 bits per heavy atom. The molecule has 0 spiro atoms. The minimum atomic E-state index is -0.813. The monoisotopic (exact) mass is 350 g/mol. The molecular formula is C22H22O4. The van der Waals surface area contributed by atoms with Crippen LogP contribution in [0.4, 0.5) is 0 Å². The maximum absolute atomic E-state index is 10.9. The summed E-state index contributed by atoms with van der Waals surface area (Å²) in [6.07, 6.45) is -0.813. The van der Waals surface area contributed by atoms with Gasteiger partial charge < -0.3 is 19.3 Å². The Morgan fingerprint density at radius 1 is 0.654 bits per heavy atom. The zero-order valence-electron chi connectivity index (χ0n) is 15.1. The highest BCUT2D eigenvalue weighted by Gasteiger charge is 2.19. The lowest BCUT2D eigenvalue weighted by Gasteiger charge is -2.18. The third-order valence-corrected chi connectivity index (χ3v) is 4.31. The number of hydrogen-bond acceptors (Lipinski definition) is 4. The maximum Gasteiger partial charge on any atom is 0.203 e. The molecule has 1 unspecified atom stereocenters. The molecule has 0 amide bonds. The van der Waals surface area contributed by atoms with E-state index in [2.05, 4.69) is 0 Å². The number of benzene rings is 3. The van der Waals surface area contributed by atoms with Crippen LogP contribution in [0.1, 0.15) is 17.2 Å². The molecule has 1 N–H and O–H groups in total. The van der Waals surface area contributed by atoms with Gasteiger partial charge in [-0.25, -0.2) is 0 Å². The summed E-state index contributed by atoms with van der Waals surface area (Å²) in [5.74, 6) is 1.53. The van der Waals surface area contributed by atoms with Crippen LogP contribution in [-0.2, 0) is 0 Å². The van der Waals surface area contributed by atoms with Crippen molar-refractivity contribution in [1.29, 1.82) is 0 Å². The standard InChI is InChI=1S/C22H22O4/c1-24-19-13-18(14-20(25-2)22(19)26-3)21(23)17-11-7-10-16(12-17)15-8-5-4-6-9-15/h4-14,21,23H,1-3H3. The number of aliphatic hydroxyl groups is 1. The smallest absolute Gasteiger partial charge is 0.203 e. The van der Waals surface area contributed by atoms with Gasteiger partial charge >= 0.3 is 0 Å². The Labute approximate surface area is 153 Å². The second-order valence-electron chi connectivity index (χ2n) is 5.85. The lowest BCUT2D eigenvalue weighted by molar-refractivity contribution is 0.218. The highest BCUT2D eigenvalue weighted by Crippen LogP contribution is 2.41. The molecule has 0 aliphatic carbocycles. The van der Waals surface area contributed by atoms with Crippen LogP contribution >= 0.6 is 0 Å². The van der Waals surface area contributed by atoms with E-state index < -0.39 is 6.10 Å². The number of hydrogen-bond donors (Lipinski definition) is 1. The summed E-state index contributed by atoms with van der Waals surface area (Å²) in [7, 11) is 4.67. The van der Waals surface area contributed by atoms with Crippen LogP contribution in [0.2, 0.25) is 0 Å². The Kier molecular flexibility index (Phi) is 5.44. The van der Waals surface area contributed by atoms with Crippen molar-refractivity contribution in [2.24, 2.45) is 0 Å². The zero-order valence-corrected chi connectivity index (χ0v) is 15.1. The third kappa shape index (κ3) is 3.51. The first kappa shape index (κ1) is 17.8. The van der Waals surface area contributed by atoms with E-state index >= 15 is 0 Å². The molecule has 134 valence electrons. The van der Waals surface area contributed by atoms with Crippen LogP contribution in [0, 0.1) is 0 Å². The van der Waals surface area contributed by atoms with Crippen LogP contribution in [-0.4, -0.2) is 26.4 Å². The molecule has 0 bridgehead atoms. The van der Waals surface area contributed by atoms with E-state index in [-0.39, 0.29) is 0 Å². The van der Waals surface area contributed by atoms with Crippen LogP contribution in [0.5, 0.6) is 17.2 Å². The first-order chi connectivity index (χ1) is 12.7. The Hall–Kier alpha value is -2.98. The second kappa shape index (κ2) is 7.93. The fraction of sp³-hybridized carbons (Fsp3) is 0.182. The van der Waals surface area contributed by atoms with Gasteiger partial charge in [-0.1, -0.05) is 48.5 Å². The van der Waals surface area contributed by atoms with E-state index in [4.69, 9.17) is 14.2 Å². The number of ether oxygens (including phenoxy) is 3. The van der Waals surface area contributed by atoms with E-state index in [1.165, 1.54) is 0 Å². The summed E-state index contributed by atoms with van der Waals surface area (Å²) in [6.45, 7) is 0. The predicted octanol–water partition coefficient (Wildman–Crippen LogP) is 4.46. The molecule has 4 nitrogen and oxygen atoms in total. The third-order valence-electron chi connectivity index (χ3n) is 4.31. The van der Waals surface area contributed by atoms with Crippen molar-refractivity contribution in [2.75, 3.05) is 21.3 Å². The molecule has 26 heavy (non-hydrogen) atoms. The van der Waals surface area contributed by atoms with Gasteiger partial charge in [0, 0.05) is 0 Å². The van der Waals surface area contributed by atoms with E-state index in [1.807, 2.05) is 54.6 Å². The van der Waals surface area contributed by atoms with Gasteiger partial charge in [0.05, 0.1) is 21.3 Å². The predicted molar refractivity (Wildman–Crippen MR) is 102 cm³/mol. The summed E-state index contributed by atoms with van der Waals surface area (Å²) in [5.41, 5.74) is 3.62. The average molecular weight is 350 g/mol. The first-order valence-electron chi connectivity index (χ1n) is 8.31. The summed E-state index contributed by atoms with van der Waals surface area (Å²) in [5, 5.41) is 10.9. The largest absolute Gasteiger partial charge is 0.493 e. The second-order valence-corrected chi connectivity index (χ2v) is 5.85. The van der Waals surface area contributed by atoms with Gasteiger partial charge in [0.25, 0.3) is 0 Å². The molecule has 0 fully saturated rings. The van der Waals surface area contributed by atoms with Crippen molar-refractivity contribution in [1.82, 2.24) is 0 Å². The zero-order chi connectivity index (χ0) is 18.5. The van der Waals surface area contributed by atoms with E-state index in [9.17, 15) is 5.11 Å². The van der Waals surface area contributed by atoms with Crippen LogP contribution in [0.15, 0.2) is 66.7 Å². The first-order valence-corrected chi connectivity index (χ1v) is 8.31. The van der Waals surface area contributed by atoms with Crippen LogP contribution in [0.25, 0.3) is 11.1 Å². The van der Waals surface area contributed by atoms with Crippen molar-refractivity contribution in [3.63, 3.8) is 0 Å². The fourth-order valence-corrected chi connectivity index (χ4v) is 2.97. The van der Waals surface area contributed by atoms with Crippen molar-refractivity contribution >= 4 is 0 Å². The van der Waals surface area contributed by atoms with Crippen molar-refractivity contribution in [3.05, 3.63) is 77.9 Å². The Balaban J connectivity index is 2.01. The molecule has 0 saturated carbocycles. The molecule has 4 heteroatoms. The van der Waals surface area contributed by atoms with Crippen molar-refractivity contribution < 1.29 is 19.3 Å². The SMILES string of the molecule is COc1cc(C(O)c2cccc(-c3ccccc3)c2)cc(OC)c1OC. The molecule has 0 radical (unpaired) electrons. The summed E-state index contributed by atoms with van der Waals surface area (Å²) >= 11 is 0. The van der Waals surface area contributed by atoms with E-state index in [0.717, 1.165) is 16.7 Å². The van der Waals surface area contributed by atoms with E-state index in [1.54, 1.807) is 33.5 Å². The molecule has 3 aromatic rings. The highest BCUT2D eigenvalue weighted by molar-refractivity contribution is 5.64. The van der Waals surface area contributed by atoms with Crippen molar-refractivity contribution in [3.8, 4) is 28.4 Å². The number of methoxy groups -OCH3 is 3. The molecule has 0 aromatic heterocycles. The summed E-state index contributed by atoms with van der Waals surface area (Å²) in [6, 6.07) is 21.5. The topological polar surface area (TPSA) is 47.9 Å². The number of aliphatic hydroxyl groups excluding tert-OH is 1. The molecule has 1 atom stereocenters. The fourth-order valence-electron chi connectivity index (χ4n) is 2.97. The average Bonchev–Trinajstić information content (AvgIpc) is 2.72. The molecular weight excluding hydrogens is 328 g/mol.